The summed E-state index contributed by atoms with van der Waals surface area (Å²) in [7, 11) is 3.29. The van der Waals surface area contributed by atoms with Crippen LogP contribution < -0.4 is 14.8 Å². The minimum atomic E-state index is -0.525. The van der Waals surface area contributed by atoms with E-state index in [0.717, 1.165) is 49.3 Å². The molecule has 0 spiro atoms. The molecule has 2 N–H and O–H groups in total. The van der Waals surface area contributed by atoms with Gasteiger partial charge in [0.2, 0.25) is 0 Å². The predicted molar refractivity (Wildman–Crippen MR) is 84.0 cm³/mol. The van der Waals surface area contributed by atoms with Gasteiger partial charge in [0.1, 0.15) is 0 Å². The SMILES string of the molecule is COc1cc(C)c(CNCC2(O)CCCCC2)cc1OC. The van der Waals surface area contributed by atoms with Crippen molar-refractivity contribution in [2.45, 2.75) is 51.2 Å². The van der Waals surface area contributed by atoms with E-state index in [9.17, 15) is 5.11 Å². The monoisotopic (exact) mass is 293 g/mol. The van der Waals surface area contributed by atoms with Crippen LogP contribution in [0.5, 0.6) is 11.5 Å². The number of nitrogens with one attached hydrogen (secondary N) is 1. The molecule has 0 saturated heterocycles. The van der Waals surface area contributed by atoms with E-state index < -0.39 is 5.60 Å². The zero-order valence-electron chi connectivity index (χ0n) is 13.4. The first-order valence-electron chi connectivity index (χ1n) is 7.72. The molecule has 1 saturated carbocycles. The maximum Gasteiger partial charge on any atom is 0.161 e. The van der Waals surface area contributed by atoms with Gasteiger partial charge in [-0.25, -0.2) is 0 Å². The lowest BCUT2D eigenvalue weighted by Gasteiger charge is -2.32. The van der Waals surface area contributed by atoms with Crippen LogP contribution in [0.25, 0.3) is 0 Å². The summed E-state index contributed by atoms with van der Waals surface area (Å²) in [4.78, 5) is 0. The van der Waals surface area contributed by atoms with Gasteiger partial charge in [-0.2, -0.15) is 0 Å². The Hall–Kier alpha value is -1.26. The van der Waals surface area contributed by atoms with E-state index in [0.29, 0.717) is 6.54 Å². The molecule has 0 amide bonds. The number of hydrogen-bond acceptors (Lipinski definition) is 4. The molecule has 1 aromatic carbocycles. The van der Waals surface area contributed by atoms with Crippen LogP contribution in [-0.2, 0) is 6.54 Å². The van der Waals surface area contributed by atoms with E-state index in [1.165, 1.54) is 12.0 Å². The molecule has 0 heterocycles. The summed E-state index contributed by atoms with van der Waals surface area (Å²) >= 11 is 0. The molecule has 1 aromatic rings. The molecule has 4 heteroatoms. The second kappa shape index (κ2) is 7.14. The summed E-state index contributed by atoms with van der Waals surface area (Å²) in [6, 6.07) is 4.00. The standard InChI is InChI=1S/C17H27NO3/c1-13-9-15(20-2)16(21-3)10-14(13)11-18-12-17(19)7-5-4-6-8-17/h9-10,18-19H,4-8,11-12H2,1-3H3. The Balaban J connectivity index is 1.96. The maximum atomic E-state index is 10.5. The molecule has 21 heavy (non-hydrogen) atoms. The average molecular weight is 293 g/mol. The van der Waals surface area contributed by atoms with Crippen LogP contribution in [0.15, 0.2) is 12.1 Å². The lowest BCUT2D eigenvalue weighted by atomic mass is 9.85. The van der Waals surface area contributed by atoms with Crippen molar-refractivity contribution in [2.24, 2.45) is 0 Å². The molecule has 0 aromatic heterocycles. The van der Waals surface area contributed by atoms with Gasteiger partial charge >= 0.3 is 0 Å². The predicted octanol–water partition coefficient (Wildman–Crippen LogP) is 2.80. The molecule has 2 rings (SSSR count). The first kappa shape index (κ1) is 16.1. The third-order valence-electron chi connectivity index (χ3n) is 4.40. The third-order valence-corrected chi connectivity index (χ3v) is 4.40. The number of benzene rings is 1. The topological polar surface area (TPSA) is 50.7 Å². The van der Waals surface area contributed by atoms with Gasteiger partial charge in [0.25, 0.3) is 0 Å². The molecule has 1 aliphatic rings. The second-order valence-electron chi connectivity index (χ2n) is 6.02. The van der Waals surface area contributed by atoms with E-state index in [2.05, 4.69) is 12.2 Å². The fourth-order valence-electron chi connectivity index (χ4n) is 3.03. The zero-order valence-corrected chi connectivity index (χ0v) is 13.4. The highest BCUT2D eigenvalue weighted by molar-refractivity contribution is 5.47. The summed E-state index contributed by atoms with van der Waals surface area (Å²) in [6.45, 7) is 3.45. The average Bonchev–Trinajstić information content (AvgIpc) is 2.49. The highest BCUT2D eigenvalue weighted by Gasteiger charge is 2.28. The van der Waals surface area contributed by atoms with Gasteiger partial charge in [0.05, 0.1) is 19.8 Å². The van der Waals surface area contributed by atoms with Crippen LogP contribution in [0, 0.1) is 6.92 Å². The van der Waals surface area contributed by atoms with Crippen LogP contribution in [0.1, 0.15) is 43.2 Å². The molecule has 1 fully saturated rings. The Labute approximate surface area is 127 Å². The molecule has 0 atom stereocenters. The van der Waals surface area contributed by atoms with Gasteiger partial charge in [-0.15, -0.1) is 0 Å². The summed E-state index contributed by atoms with van der Waals surface area (Å²) in [5.41, 5.74) is 1.81. The van der Waals surface area contributed by atoms with Crippen molar-refractivity contribution in [3.63, 3.8) is 0 Å². The van der Waals surface area contributed by atoms with Gasteiger partial charge < -0.3 is 19.9 Å². The number of ether oxygens (including phenoxy) is 2. The molecule has 0 aliphatic heterocycles. The van der Waals surface area contributed by atoms with E-state index in [1.54, 1.807) is 14.2 Å². The Kier molecular flexibility index (Phi) is 5.48. The molecule has 4 nitrogen and oxygen atoms in total. The quantitative estimate of drug-likeness (QED) is 0.847. The van der Waals surface area contributed by atoms with Crippen molar-refractivity contribution in [3.8, 4) is 11.5 Å². The second-order valence-corrected chi connectivity index (χ2v) is 6.02. The van der Waals surface area contributed by atoms with Gasteiger partial charge in [0, 0.05) is 13.1 Å². The molecular weight excluding hydrogens is 266 g/mol. The minimum Gasteiger partial charge on any atom is -0.493 e. The lowest BCUT2D eigenvalue weighted by molar-refractivity contribution is 0.00466. The van der Waals surface area contributed by atoms with Crippen molar-refractivity contribution in [2.75, 3.05) is 20.8 Å². The lowest BCUT2D eigenvalue weighted by Crippen LogP contribution is -2.41. The third kappa shape index (κ3) is 4.11. The van der Waals surface area contributed by atoms with Crippen LogP contribution >= 0.6 is 0 Å². The Morgan fingerprint density at radius 3 is 2.33 bits per heavy atom. The first-order valence-corrected chi connectivity index (χ1v) is 7.72. The Bertz CT molecular complexity index is 467. The fourth-order valence-corrected chi connectivity index (χ4v) is 3.03. The zero-order chi connectivity index (χ0) is 15.3. The van der Waals surface area contributed by atoms with Crippen molar-refractivity contribution < 1.29 is 14.6 Å². The highest BCUT2D eigenvalue weighted by atomic mass is 16.5. The van der Waals surface area contributed by atoms with Crippen molar-refractivity contribution in [1.29, 1.82) is 0 Å². The number of rotatable bonds is 6. The minimum absolute atomic E-state index is 0.525. The number of aryl methyl sites for hydroxylation is 1. The first-order chi connectivity index (χ1) is 10.1. The summed E-state index contributed by atoms with van der Waals surface area (Å²) in [6.07, 6.45) is 5.33. The summed E-state index contributed by atoms with van der Waals surface area (Å²) in [5, 5.41) is 13.9. The number of hydrogen-bond donors (Lipinski definition) is 2. The number of methoxy groups -OCH3 is 2. The van der Waals surface area contributed by atoms with E-state index in [-0.39, 0.29) is 0 Å². The van der Waals surface area contributed by atoms with Crippen LogP contribution in [-0.4, -0.2) is 31.5 Å². The summed E-state index contributed by atoms with van der Waals surface area (Å²) in [5.74, 6) is 1.50. The van der Waals surface area contributed by atoms with Crippen LogP contribution in [0.4, 0.5) is 0 Å². The molecular formula is C17H27NO3. The Morgan fingerprint density at radius 1 is 1.10 bits per heavy atom. The van der Waals surface area contributed by atoms with Gasteiger partial charge in [-0.3, -0.25) is 0 Å². The normalized spacial score (nSPS) is 17.5. The smallest absolute Gasteiger partial charge is 0.161 e. The van der Waals surface area contributed by atoms with Crippen molar-refractivity contribution >= 4 is 0 Å². The molecule has 0 radical (unpaired) electrons. The van der Waals surface area contributed by atoms with Gasteiger partial charge in [-0.1, -0.05) is 19.3 Å². The largest absolute Gasteiger partial charge is 0.493 e. The molecule has 0 unspecified atom stereocenters. The maximum absolute atomic E-state index is 10.5. The van der Waals surface area contributed by atoms with Crippen LogP contribution in [0.2, 0.25) is 0 Å². The van der Waals surface area contributed by atoms with E-state index in [4.69, 9.17) is 9.47 Å². The molecule has 1 aliphatic carbocycles. The van der Waals surface area contributed by atoms with E-state index >= 15 is 0 Å². The van der Waals surface area contributed by atoms with Gasteiger partial charge in [-0.05, 0) is 43.0 Å². The van der Waals surface area contributed by atoms with Crippen molar-refractivity contribution in [3.05, 3.63) is 23.3 Å². The van der Waals surface area contributed by atoms with E-state index in [1.807, 2.05) is 12.1 Å². The summed E-state index contributed by atoms with van der Waals surface area (Å²) < 4.78 is 10.6. The fraction of sp³-hybridized carbons (Fsp3) is 0.647. The number of aliphatic hydroxyl groups is 1. The Morgan fingerprint density at radius 2 is 1.71 bits per heavy atom. The van der Waals surface area contributed by atoms with Crippen molar-refractivity contribution in [1.82, 2.24) is 5.32 Å². The molecule has 118 valence electrons. The molecule has 0 bridgehead atoms. The van der Waals surface area contributed by atoms with Crippen LogP contribution in [0.3, 0.4) is 0 Å². The van der Waals surface area contributed by atoms with Gasteiger partial charge in [0.15, 0.2) is 11.5 Å². The highest BCUT2D eigenvalue weighted by Crippen LogP contribution is 2.31.